The highest BCUT2D eigenvalue weighted by molar-refractivity contribution is 5.96. The number of hydrogen-bond acceptors (Lipinski definition) is 3. The normalized spacial score (nSPS) is 10.4. The lowest BCUT2D eigenvalue weighted by molar-refractivity contribution is 0.0971. The zero-order valence-corrected chi connectivity index (χ0v) is 11.0. The second-order valence-electron chi connectivity index (χ2n) is 4.68. The third-order valence-corrected chi connectivity index (χ3v) is 2.91. The number of carbonyl (C=O) groups excluding carboxylic acids is 1. The number of nitrogens with zero attached hydrogens (tertiary/aromatic N) is 3. The van der Waals surface area contributed by atoms with Gasteiger partial charge >= 0.3 is 0 Å². The van der Waals surface area contributed by atoms with Gasteiger partial charge in [-0.1, -0.05) is 26.0 Å². The van der Waals surface area contributed by atoms with E-state index in [1.807, 2.05) is 30.7 Å². The fourth-order valence-electron chi connectivity index (χ4n) is 1.93. The Morgan fingerprint density at radius 2 is 2.05 bits per heavy atom. The summed E-state index contributed by atoms with van der Waals surface area (Å²) in [6, 6.07) is 8.73. The number of hydrogen-bond donors (Lipinski definition) is 0. The molecule has 0 unspecified atom stereocenters. The molecule has 0 fully saturated rings. The summed E-state index contributed by atoms with van der Waals surface area (Å²) >= 11 is 0. The van der Waals surface area contributed by atoms with Crippen LogP contribution in [0.3, 0.4) is 0 Å². The molecule has 1 aromatic carbocycles. The molecular weight excluding hydrogens is 238 g/mol. The van der Waals surface area contributed by atoms with Crippen LogP contribution in [0, 0.1) is 11.3 Å². The van der Waals surface area contributed by atoms with Gasteiger partial charge in [-0.15, -0.1) is 0 Å². The molecule has 2 rings (SSSR count). The Morgan fingerprint density at radius 3 is 2.63 bits per heavy atom. The average molecular weight is 253 g/mol. The Kier molecular flexibility index (Phi) is 3.76. The Hall–Kier alpha value is -2.41. The second kappa shape index (κ2) is 5.49. The number of ketones is 1. The lowest BCUT2D eigenvalue weighted by Gasteiger charge is -2.09. The standard InChI is InChI=1S/C15H15N3O/c1-11(2)15-17-7-8-18(15)10-14(19)13-5-3-12(9-16)4-6-13/h3-8,11H,10H2,1-2H3. The van der Waals surface area contributed by atoms with E-state index in [-0.39, 0.29) is 18.2 Å². The van der Waals surface area contributed by atoms with E-state index in [0.717, 1.165) is 5.82 Å². The SMILES string of the molecule is CC(C)c1nccn1CC(=O)c1ccc(C#N)cc1. The maximum atomic E-state index is 12.2. The van der Waals surface area contributed by atoms with Gasteiger partial charge in [0.05, 0.1) is 18.2 Å². The van der Waals surface area contributed by atoms with Crippen LogP contribution in [0.15, 0.2) is 36.7 Å². The highest BCUT2D eigenvalue weighted by Crippen LogP contribution is 2.13. The summed E-state index contributed by atoms with van der Waals surface area (Å²) < 4.78 is 1.87. The van der Waals surface area contributed by atoms with Crippen LogP contribution < -0.4 is 0 Å². The molecule has 1 heterocycles. The molecule has 0 spiro atoms. The second-order valence-corrected chi connectivity index (χ2v) is 4.68. The number of Topliss-reactive ketones (excluding diaryl/α,β-unsaturated/α-hetero) is 1. The van der Waals surface area contributed by atoms with Crippen LogP contribution in [-0.2, 0) is 6.54 Å². The average Bonchev–Trinajstić information content (AvgIpc) is 2.87. The molecule has 19 heavy (non-hydrogen) atoms. The zero-order chi connectivity index (χ0) is 13.8. The Balaban J connectivity index is 2.16. The molecule has 0 aliphatic carbocycles. The predicted molar refractivity (Wildman–Crippen MR) is 71.8 cm³/mol. The Bertz CT molecular complexity index is 618. The first kappa shape index (κ1) is 13.0. The summed E-state index contributed by atoms with van der Waals surface area (Å²) in [5.41, 5.74) is 1.17. The smallest absolute Gasteiger partial charge is 0.182 e. The van der Waals surface area contributed by atoms with Gasteiger partial charge in [0, 0.05) is 23.9 Å². The minimum atomic E-state index is 0.0180. The molecule has 0 saturated heterocycles. The molecule has 0 aliphatic rings. The number of carbonyl (C=O) groups is 1. The summed E-state index contributed by atoms with van der Waals surface area (Å²) in [4.78, 5) is 16.4. The Morgan fingerprint density at radius 1 is 1.37 bits per heavy atom. The van der Waals surface area contributed by atoms with Crippen molar-refractivity contribution in [2.75, 3.05) is 0 Å². The topological polar surface area (TPSA) is 58.7 Å². The molecule has 4 heteroatoms. The molecule has 1 aromatic heterocycles. The largest absolute Gasteiger partial charge is 0.327 e. The Labute approximate surface area is 112 Å². The summed E-state index contributed by atoms with van der Waals surface area (Å²) in [5.74, 6) is 1.20. The number of rotatable bonds is 4. The first-order chi connectivity index (χ1) is 9.11. The fourth-order valence-corrected chi connectivity index (χ4v) is 1.93. The summed E-state index contributed by atoms with van der Waals surface area (Å²) in [6.45, 7) is 4.37. The monoisotopic (exact) mass is 253 g/mol. The van der Waals surface area contributed by atoms with E-state index in [0.29, 0.717) is 11.1 Å². The fraction of sp³-hybridized carbons (Fsp3) is 0.267. The molecular formula is C15H15N3O. The van der Waals surface area contributed by atoms with Gasteiger partial charge in [-0.25, -0.2) is 4.98 Å². The molecule has 0 saturated carbocycles. The number of benzene rings is 1. The number of aromatic nitrogens is 2. The van der Waals surface area contributed by atoms with Crippen molar-refractivity contribution in [3.63, 3.8) is 0 Å². The number of imidazole rings is 1. The molecule has 96 valence electrons. The van der Waals surface area contributed by atoms with Gasteiger partial charge in [0.15, 0.2) is 5.78 Å². The highest BCUT2D eigenvalue weighted by Gasteiger charge is 2.12. The van der Waals surface area contributed by atoms with E-state index in [2.05, 4.69) is 4.98 Å². The van der Waals surface area contributed by atoms with Crippen LogP contribution in [0.25, 0.3) is 0 Å². The van der Waals surface area contributed by atoms with Crippen molar-refractivity contribution < 1.29 is 4.79 Å². The highest BCUT2D eigenvalue weighted by atomic mass is 16.1. The van der Waals surface area contributed by atoms with E-state index in [9.17, 15) is 4.79 Å². The van der Waals surface area contributed by atoms with Gasteiger partial charge in [-0.05, 0) is 12.1 Å². The first-order valence-corrected chi connectivity index (χ1v) is 6.16. The molecule has 0 atom stereocenters. The van der Waals surface area contributed by atoms with Crippen LogP contribution in [0.2, 0.25) is 0 Å². The van der Waals surface area contributed by atoms with E-state index in [1.165, 1.54) is 0 Å². The van der Waals surface area contributed by atoms with Gasteiger partial charge in [0.25, 0.3) is 0 Å². The third kappa shape index (κ3) is 2.89. The predicted octanol–water partition coefficient (Wildman–Crippen LogP) is 2.76. The van der Waals surface area contributed by atoms with Crippen LogP contribution in [0.5, 0.6) is 0 Å². The maximum Gasteiger partial charge on any atom is 0.182 e. The van der Waals surface area contributed by atoms with Crippen molar-refractivity contribution in [3.8, 4) is 6.07 Å². The minimum Gasteiger partial charge on any atom is -0.327 e. The van der Waals surface area contributed by atoms with Gasteiger partial charge in [0.1, 0.15) is 5.82 Å². The van der Waals surface area contributed by atoms with Crippen molar-refractivity contribution in [3.05, 3.63) is 53.6 Å². The van der Waals surface area contributed by atoms with Crippen molar-refractivity contribution in [2.45, 2.75) is 26.3 Å². The van der Waals surface area contributed by atoms with Crippen LogP contribution >= 0.6 is 0 Å². The van der Waals surface area contributed by atoms with Gasteiger partial charge < -0.3 is 4.57 Å². The molecule has 0 radical (unpaired) electrons. The van der Waals surface area contributed by atoms with E-state index >= 15 is 0 Å². The molecule has 2 aromatic rings. The summed E-state index contributed by atoms with van der Waals surface area (Å²) in [6.07, 6.45) is 3.53. The molecule has 4 nitrogen and oxygen atoms in total. The molecule has 0 amide bonds. The summed E-state index contributed by atoms with van der Waals surface area (Å²) in [5, 5.41) is 8.72. The van der Waals surface area contributed by atoms with Crippen LogP contribution in [0.4, 0.5) is 0 Å². The first-order valence-electron chi connectivity index (χ1n) is 6.16. The molecule has 0 N–H and O–H groups in total. The summed E-state index contributed by atoms with van der Waals surface area (Å²) in [7, 11) is 0. The van der Waals surface area contributed by atoms with Crippen molar-refractivity contribution in [1.29, 1.82) is 5.26 Å². The minimum absolute atomic E-state index is 0.0180. The number of nitriles is 1. The molecule has 0 bridgehead atoms. The van der Waals surface area contributed by atoms with Crippen LogP contribution in [-0.4, -0.2) is 15.3 Å². The van der Waals surface area contributed by atoms with Crippen molar-refractivity contribution in [1.82, 2.24) is 9.55 Å². The van der Waals surface area contributed by atoms with Crippen molar-refractivity contribution in [2.24, 2.45) is 0 Å². The van der Waals surface area contributed by atoms with Gasteiger partial charge in [-0.3, -0.25) is 4.79 Å². The van der Waals surface area contributed by atoms with Crippen LogP contribution in [0.1, 0.15) is 41.5 Å². The lowest BCUT2D eigenvalue weighted by atomic mass is 10.1. The third-order valence-electron chi connectivity index (χ3n) is 2.91. The maximum absolute atomic E-state index is 12.2. The van der Waals surface area contributed by atoms with E-state index < -0.39 is 0 Å². The molecule has 0 aliphatic heterocycles. The van der Waals surface area contributed by atoms with Gasteiger partial charge in [-0.2, -0.15) is 5.26 Å². The van der Waals surface area contributed by atoms with Gasteiger partial charge in [0.2, 0.25) is 0 Å². The van der Waals surface area contributed by atoms with Crippen molar-refractivity contribution >= 4 is 5.78 Å². The lowest BCUT2D eigenvalue weighted by Crippen LogP contribution is -2.13. The van der Waals surface area contributed by atoms with E-state index in [4.69, 9.17) is 5.26 Å². The van der Waals surface area contributed by atoms with E-state index in [1.54, 1.807) is 30.5 Å². The quantitative estimate of drug-likeness (QED) is 0.787. The zero-order valence-electron chi connectivity index (χ0n) is 11.0.